The van der Waals surface area contributed by atoms with Crippen LogP contribution >= 0.6 is 22.9 Å². The van der Waals surface area contributed by atoms with Crippen LogP contribution < -0.4 is 10.1 Å². The first-order valence-corrected chi connectivity index (χ1v) is 12.2. The Hall–Kier alpha value is -3.17. The largest absolute Gasteiger partial charge is 0.489 e. The van der Waals surface area contributed by atoms with Crippen molar-refractivity contribution in [3.63, 3.8) is 0 Å². The predicted octanol–water partition coefficient (Wildman–Crippen LogP) is 4.46. The highest BCUT2D eigenvalue weighted by molar-refractivity contribution is 7.15. The van der Waals surface area contributed by atoms with E-state index in [0.29, 0.717) is 43.3 Å². The van der Waals surface area contributed by atoms with E-state index in [0.717, 1.165) is 21.0 Å². The maximum atomic E-state index is 12.8. The van der Waals surface area contributed by atoms with Crippen molar-refractivity contribution in [1.82, 2.24) is 20.2 Å². The van der Waals surface area contributed by atoms with Crippen molar-refractivity contribution >= 4 is 34.9 Å². The fourth-order valence-corrected chi connectivity index (χ4v) is 5.03. The number of thiazole rings is 1. The summed E-state index contributed by atoms with van der Waals surface area (Å²) in [5, 5.41) is 4.32. The molecule has 2 atom stereocenters. The number of carbonyl (C=O) groups is 2. The van der Waals surface area contributed by atoms with Crippen molar-refractivity contribution in [3.8, 4) is 16.3 Å². The maximum Gasteiger partial charge on any atom is 0.410 e. The molecule has 0 radical (unpaired) electrons. The number of nitrogens with zero attached hydrogens (tertiary/aromatic N) is 3. The standard InChI is InChI=1S/C24H23ClN4O4S/c1-14-10-28-23(34-14)19-12-26-20(22(30)27-11-15-2-4-16(25)5-3-15)9-21(19)33-18-6-7-29-17(8-18)13-32-24(29)31/h2-5,9-10,12,17-18H,6-8,11,13H2,1H3,(H,27,30)/t17-,18-/m0/s1. The number of ether oxygens (including phenoxy) is 2. The number of aryl methyl sites for hydroxylation is 1. The van der Waals surface area contributed by atoms with E-state index in [1.165, 1.54) is 0 Å². The summed E-state index contributed by atoms with van der Waals surface area (Å²) >= 11 is 7.47. The number of hydrogen-bond acceptors (Lipinski definition) is 7. The van der Waals surface area contributed by atoms with Gasteiger partial charge in [-0.05, 0) is 24.6 Å². The lowest BCUT2D eigenvalue weighted by molar-refractivity contribution is 0.0915. The molecular formula is C24H23ClN4O4S. The lowest BCUT2D eigenvalue weighted by Crippen LogP contribution is -2.44. The van der Waals surface area contributed by atoms with Crippen molar-refractivity contribution in [2.75, 3.05) is 13.2 Å². The molecule has 1 N–H and O–H groups in total. The van der Waals surface area contributed by atoms with Crippen LogP contribution in [0, 0.1) is 6.92 Å². The van der Waals surface area contributed by atoms with Crippen molar-refractivity contribution < 1.29 is 19.1 Å². The number of piperidine rings is 1. The van der Waals surface area contributed by atoms with E-state index in [2.05, 4.69) is 15.3 Å². The minimum absolute atomic E-state index is 0.0146. The molecule has 8 nitrogen and oxygen atoms in total. The number of aromatic nitrogens is 2. The van der Waals surface area contributed by atoms with Crippen molar-refractivity contribution in [3.05, 3.63) is 63.9 Å². The second-order valence-electron chi connectivity index (χ2n) is 8.34. The summed E-state index contributed by atoms with van der Waals surface area (Å²) in [7, 11) is 0. The summed E-state index contributed by atoms with van der Waals surface area (Å²) in [4.78, 5) is 36.3. The number of hydrogen-bond donors (Lipinski definition) is 1. The summed E-state index contributed by atoms with van der Waals surface area (Å²) in [6.45, 7) is 3.31. The fraction of sp³-hybridized carbons (Fsp3) is 0.333. The fourth-order valence-electron chi connectivity index (χ4n) is 4.12. The number of halogens is 1. The normalized spacial score (nSPS) is 19.5. The quantitative estimate of drug-likeness (QED) is 0.539. The predicted molar refractivity (Wildman–Crippen MR) is 128 cm³/mol. The summed E-state index contributed by atoms with van der Waals surface area (Å²) < 4.78 is 11.6. The Morgan fingerprint density at radius 3 is 2.88 bits per heavy atom. The van der Waals surface area contributed by atoms with E-state index in [1.54, 1.807) is 46.8 Å². The van der Waals surface area contributed by atoms with E-state index < -0.39 is 0 Å². The molecule has 0 unspecified atom stereocenters. The average molecular weight is 499 g/mol. The summed E-state index contributed by atoms with van der Waals surface area (Å²) in [5.74, 6) is 0.260. The first-order valence-electron chi connectivity index (χ1n) is 11.0. The first-order chi connectivity index (χ1) is 16.5. The Kier molecular flexibility index (Phi) is 6.38. The highest BCUT2D eigenvalue weighted by atomic mass is 35.5. The summed E-state index contributed by atoms with van der Waals surface area (Å²) in [5.41, 5.74) is 1.94. The Morgan fingerprint density at radius 2 is 2.12 bits per heavy atom. The Balaban J connectivity index is 1.35. The summed E-state index contributed by atoms with van der Waals surface area (Å²) in [6.07, 6.45) is 4.43. The van der Waals surface area contributed by atoms with Gasteiger partial charge in [0.05, 0.1) is 11.6 Å². The zero-order valence-electron chi connectivity index (χ0n) is 18.5. The van der Waals surface area contributed by atoms with Crippen LogP contribution in [0.3, 0.4) is 0 Å². The van der Waals surface area contributed by atoms with E-state index >= 15 is 0 Å². The third-order valence-corrected chi connectivity index (χ3v) is 7.11. The first kappa shape index (κ1) is 22.6. The minimum atomic E-state index is -0.300. The van der Waals surface area contributed by atoms with Gasteiger partial charge in [-0.25, -0.2) is 9.78 Å². The van der Waals surface area contributed by atoms with Crippen LogP contribution in [0.25, 0.3) is 10.6 Å². The SMILES string of the molecule is Cc1cnc(-c2cnc(C(=O)NCc3ccc(Cl)cc3)cc2O[C@H]2CCN3C(=O)OC[C@@H]3C2)s1. The third kappa shape index (κ3) is 4.85. The second-order valence-corrected chi connectivity index (χ2v) is 10.0. The Morgan fingerprint density at radius 1 is 1.29 bits per heavy atom. The van der Waals surface area contributed by atoms with Gasteiger partial charge < -0.3 is 19.7 Å². The molecule has 0 spiro atoms. The number of pyridine rings is 1. The molecule has 2 aromatic heterocycles. The van der Waals surface area contributed by atoms with Gasteiger partial charge in [0.1, 0.15) is 29.2 Å². The van der Waals surface area contributed by atoms with E-state index in [-0.39, 0.29) is 29.8 Å². The van der Waals surface area contributed by atoms with E-state index in [4.69, 9.17) is 21.1 Å². The molecular weight excluding hydrogens is 476 g/mol. The number of benzene rings is 1. The average Bonchev–Trinajstić information content (AvgIpc) is 3.43. The molecule has 176 valence electrons. The highest BCUT2D eigenvalue weighted by Gasteiger charge is 2.39. The maximum absolute atomic E-state index is 12.8. The van der Waals surface area contributed by atoms with Crippen LogP contribution in [-0.2, 0) is 11.3 Å². The molecule has 5 rings (SSSR count). The zero-order valence-corrected chi connectivity index (χ0v) is 20.1. The van der Waals surface area contributed by atoms with Gasteiger partial charge >= 0.3 is 6.09 Å². The van der Waals surface area contributed by atoms with Crippen LogP contribution in [0.15, 0.2) is 42.7 Å². The van der Waals surface area contributed by atoms with Crippen LogP contribution in [0.5, 0.6) is 5.75 Å². The molecule has 0 aliphatic carbocycles. The Bertz CT molecular complexity index is 1220. The molecule has 10 heteroatoms. The van der Waals surface area contributed by atoms with E-state index in [1.807, 2.05) is 19.1 Å². The number of carbonyl (C=O) groups excluding carboxylic acids is 2. The minimum Gasteiger partial charge on any atom is -0.489 e. The summed E-state index contributed by atoms with van der Waals surface area (Å²) in [6, 6.07) is 8.98. The monoisotopic (exact) mass is 498 g/mol. The molecule has 3 aromatic rings. The molecule has 4 heterocycles. The number of rotatable bonds is 6. The smallest absolute Gasteiger partial charge is 0.410 e. The number of amides is 2. The molecule has 2 amide bonds. The van der Waals surface area contributed by atoms with Crippen LogP contribution in [0.2, 0.25) is 5.02 Å². The van der Waals surface area contributed by atoms with Crippen molar-refractivity contribution in [2.24, 2.45) is 0 Å². The molecule has 2 saturated heterocycles. The van der Waals surface area contributed by atoms with Gasteiger partial charge in [-0.15, -0.1) is 11.3 Å². The Labute approximate surface area is 205 Å². The van der Waals surface area contributed by atoms with Gasteiger partial charge in [-0.3, -0.25) is 9.78 Å². The second kappa shape index (κ2) is 9.60. The van der Waals surface area contributed by atoms with Gasteiger partial charge in [0.25, 0.3) is 5.91 Å². The third-order valence-electron chi connectivity index (χ3n) is 5.91. The van der Waals surface area contributed by atoms with Gasteiger partial charge in [0, 0.05) is 54.3 Å². The molecule has 0 bridgehead atoms. The zero-order chi connectivity index (χ0) is 23.7. The van der Waals surface area contributed by atoms with Crippen LogP contribution in [-0.4, -0.2) is 52.2 Å². The van der Waals surface area contributed by atoms with Crippen LogP contribution in [0.4, 0.5) is 4.79 Å². The van der Waals surface area contributed by atoms with Gasteiger partial charge in [0.15, 0.2) is 0 Å². The molecule has 2 fully saturated rings. The van der Waals surface area contributed by atoms with Crippen molar-refractivity contribution in [2.45, 2.75) is 38.5 Å². The molecule has 1 aromatic carbocycles. The van der Waals surface area contributed by atoms with E-state index in [9.17, 15) is 9.59 Å². The molecule has 2 aliphatic rings. The number of fused-ring (bicyclic) bond motifs is 1. The van der Waals surface area contributed by atoms with Crippen LogP contribution in [0.1, 0.15) is 33.8 Å². The van der Waals surface area contributed by atoms with Gasteiger partial charge in [-0.2, -0.15) is 0 Å². The van der Waals surface area contributed by atoms with Gasteiger partial charge in [0.2, 0.25) is 0 Å². The number of nitrogens with one attached hydrogen (secondary N) is 1. The molecule has 34 heavy (non-hydrogen) atoms. The molecule has 0 saturated carbocycles. The highest BCUT2D eigenvalue weighted by Crippen LogP contribution is 2.35. The van der Waals surface area contributed by atoms with Crippen molar-refractivity contribution in [1.29, 1.82) is 0 Å². The topological polar surface area (TPSA) is 93.6 Å². The lowest BCUT2D eigenvalue weighted by Gasteiger charge is -2.32. The van der Waals surface area contributed by atoms with Gasteiger partial charge in [-0.1, -0.05) is 23.7 Å². The molecule has 2 aliphatic heterocycles. The number of cyclic esters (lactones) is 1. The lowest BCUT2D eigenvalue weighted by atomic mass is 10.0.